The summed E-state index contributed by atoms with van der Waals surface area (Å²) in [5.41, 5.74) is 2.30. The summed E-state index contributed by atoms with van der Waals surface area (Å²) >= 11 is 0. The summed E-state index contributed by atoms with van der Waals surface area (Å²) in [4.78, 5) is 23.8. The minimum absolute atomic E-state index is 0.271. The summed E-state index contributed by atoms with van der Waals surface area (Å²) < 4.78 is 4.25. The average molecular weight is 471 g/mol. The first-order valence-corrected chi connectivity index (χ1v) is 11.0. The van der Waals surface area contributed by atoms with Gasteiger partial charge >= 0.3 is 0 Å². The number of hydrogen-bond acceptors (Lipinski definition) is 5. The van der Waals surface area contributed by atoms with Crippen molar-refractivity contribution in [1.82, 2.24) is 0 Å². The highest BCUT2D eigenvalue weighted by molar-refractivity contribution is 6.00. The van der Waals surface area contributed by atoms with Gasteiger partial charge in [0, 0.05) is 25.3 Å². The molecule has 4 aromatic carbocycles. The van der Waals surface area contributed by atoms with E-state index in [2.05, 4.69) is 4.74 Å². The second kappa shape index (κ2) is 15.1. The number of hydrogen-bond donors (Lipinski definition) is 2. The van der Waals surface area contributed by atoms with Crippen LogP contribution in [0.3, 0.4) is 0 Å². The molecule has 0 amide bonds. The van der Waals surface area contributed by atoms with Crippen LogP contribution in [0.15, 0.2) is 121 Å². The van der Waals surface area contributed by atoms with Crippen LogP contribution in [0.2, 0.25) is 0 Å². The number of ketones is 2. The van der Waals surface area contributed by atoms with Gasteiger partial charge in [-0.25, -0.2) is 0 Å². The van der Waals surface area contributed by atoms with Gasteiger partial charge in [0.05, 0.1) is 0 Å². The molecule has 2 atom stereocenters. The van der Waals surface area contributed by atoms with E-state index in [0.29, 0.717) is 22.3 Å². The Balaban J connectivity index is 0.000000222. The van der Waals surface area contributed by atoms with E-state index in [1.165, 1.54) is 0 Å². The molecule has 2 N–H and O–H groups in total. The zero-order valence-electron chi connectivity index (χ0n) is 19.8. The fraction of sp³-hybridized carbons (Fsp3) is 0.133. The number of carbonyl (C=O) groups excluding carboxylic acids is 2. The number of ether oxygens (including phenoxy) is 1. The predicted molar refractivity (Wildman–Crippen MR) is 137 cm³/mol. The fourth-order valence-electron chi connectivity index (χ4n) is 3.09. The van der Waals surface area contributed by atoms with E-state index in [0.717, 1.165) is 0 Å². The number of aliphatic hydroxyl groups is 2. The standard InChI is InChI=1S/2C14H12O2.C2H6O/c2*15-13(11-7-3-1-4-8-11)14(16)12-9-5-2-6-10-12;1-3-2/h2*1-10,13,15H;1-2H3. The molecule has 5 nitrogen and oxygen atoms in total. The van der Waals surface area contributed by atoms with Crippen molar-refractivity contribution >= 4 is 11.6 Å². The second-order valence-electron chi connectivity index (χ2n) is 7.50. The van der Waals surface area contributed by atoms with E-state index in [1.807, 2.05) is 24.3 Å². The monoisotopic (exact) mass is 470 g/mol. The molecule has 0 aliphatic heterocycles. The van der Waals surface area contributed by atoms with Crippen molar-refractivity contribution in [2.45, 2.75) is 12.2 Å². The van der Waals surface area contributed by atoms with Gasteiger partial charge in [-0.1, -0.05) is 121 Å². The van der Waals surface area contributed by atoms with Crippen LogP contribution in [-0.4, -0.2) is 36.0 Å². The quantitative estimate of drug-likeness (QED) is 0.365. The van der Waals surface area contributed by atoms with Gasteiger partial charge in [0.2, 0.25) is 0 Å². The lowest BCUT2D eigenvalue weighted by Gasteiger charge is -2.09. The Hall–Kier alpha value is -3.90. The van der Waals surface area contributed by atoms with Crippen molar-refractivity contribution in [2.24, 2.45) is 0 Å². The van der Waals surface area contributed by atoms with E-state index < -0.39 is 12.2 Å². The molecule has 180 valence electrons. The SMILES string of the molecule is COC.O=C(c1ccccc1)C(O)c1ccccc1.O=C(c1ccccc1)C(O)c1ccccc1. The van der Waals surface area contributed by atoms with Crippen LogP contribution in [0, 0.1) is 0 Å². The molecule has 35 heavy (non-hydrogen) atoms. The summed E-state index contributed by atoms with van der Waals surface area (Å²) in [6, 6.07) is 35.5. The Morgan fingerprint density at radius 1 is 0.514 bits per heavy atom. The first-order chi connectivity index (χ1) is 17.0. The van der Waals surface area contributed by atoms with Crippen molar-refractivity contribution in [3.8, 4) is 0 Å². The lowest BCUT2D eigenvalue weighted by Crippen LogP contribution is -2.11. The molecular formula is C30H30O5. The second-order valence-corrected chi connectivity index (χ2v) is 7.50. The van der Waals surface area contributed by atoms with Gasteiger partial charge in [0.25, 0.3) is 0 Å². The largest absolute Gasteiger partial charge is 0.388 e. The molecule has 0 radical (unpaired) electrons. The molecule has 4 aromatic rings. The molecule has 2 unspecified atom stereocenters. The van der Waals surface area contributed by atoms with E-state index >= 15 is 0 Å². The van der Waals surface area contributed by atoms with Crippen LogP contribution in [0.1, 0.15) is 44.1 Å². The molecule has 0 saturated heterocycles. The van der Waals surface area contributed by atoms with Crippen molar-refractivity contribution < 1.29 is 24.5 Å². The van der Waals surface area contributed by atoms with Gasteiger partial charge < -0.3 is 14.9 Å². The highest BCUT2D eigenvalue weighted by Gasteiger charge is 2.19. The zero-order valence-corrected chi connectivity index (χ0v) is 19.8. The molecule has 5 heteroatoms. The lowest BCUT2D eigenvalue weighted by atomic mass is 10.0. The van der Waals surface area contributed by atoms with Crippen LogP contribution in [-0.2, 0) is 4.74 Å². The van der Waals surface area contributed by atoms with Gasteiger partial charge in [-0.15, -0.1) is 0 Å². The van der Waals surface area contributed by atoms with Gasteiger partial charge in [-0.2, -0.15) is 0 Å². The summed E-state index contributed by atoms with van der Waals surface area (Å²) in [5.74, 6) is -0.543. The topological polar surface area (TPSA) is 83.8 Å². The molecule has 4 rings (SSSR count). The van der Waals surface area contributed by atoms with Crippen molar-refractivity contribution in [1.29, 1.82) is 0 Å². The van der Waals surface area contributed by atoms with Crippen LogP contribution >= 0.6 is 0 Å². The molecular weight excluding hydrogens is 440 g/mol. The first kappa shape index (κ1) is 27.3. The highest BCUT2D eigenvalue weighted by atomic mass is 16.4. The lowest BCUT2D eigenvalue weighted by molar-refractivity contribution is 0.0743. The molecule has 0 bridgehead atoms. The smallest absolute Gasteiger partial charge is 0.195 e. The molecule has 0 heterocycles. The minimum atomic E-state index is -1.08. The van der Waals surface area contributed by atoms with Gasteiger partial charge in [-0.05, 0) is 11.1 Å². The van der Waals surface area contributed by atoms with Gasteiger partial charge in [0.15, 0.2) is 11.6 Å². The van der Waals surface area contributed by atoms with Crippen molar-refractivity contribution in [3.63, 3.8) is 0 Å². The van der Waals surface area contributed by atoms with Crippen LogP contribution in [0.5, 0.6) is 0 Å². The van der Waals surface area contributed by atoms with Gasteiger partial charge in [0.1, 0.15) is 12.2 Å². The Kier molecular flexibility index (Phi) is 11.8. The summed E-state index contributed by atoms with van der Waals surface area (Å²) in [6.07, 6.45) is -2.16. The van der Waals surface area contributed by atoms with E-state index in [4.69, 9.17) is 0 Å². The third-order valence-electron chi connectivity index (χ3n) is 4.84. The number of rotatable bonds is 6. The summed E-state index contributed by atoms with van der Waals surface area (Å²) in [7, 11) is 3.25. The molecule has 0 aromatic heterocycles. The van der Waals surface area contributed by atoms with Crippen LogP contribution in [0.4, 0.5) is 0 Å². The Labute approximate surface area is 206 Å². The predicted octanol–water partition coefficient (Wildman–Crippen LogP) is 5.47. The van der Waals surface area contributed by atoms with Crippen molar-refractivity contribution in [2.75, 3.05) is 14.2 Å². The molecule has 0 aliphatic carbocycles. The van der Waals surface area contributed by atoms with Crippen molar-refractivity contribution in [3.05, 3.63) is 144 Å². The van der Waals surface area contributed by atoms with E-state index in [9.17, 15) is 19.8 Å². The minimum Gasteiger partial charge on any atom is -0.388 e. The fourth-order valence-corrected chi connectivity index (χ4v) is 3.09. The number of carbonyl (C=O) groups is 2. The van der Waals surface area contributed by atoms with Gasteiger partial charge in [-0.3, -0.25) is 9.59 Å². The third kappa shape index (κ3) is 8.76. The number of benzene rings is 4. The average Bonchev–Trinajstić information content (AvgIpc) is 2.94. The number of Topliss-reactive ketones (excluding diaryl/α,β-unsaturated/α-hetero) is 2. The molecule has 0 fully saturated rings. The number of methoxy groups -OCH3 is 1. The molecule has 0 saturated carbocycles. The Morgan fingerprint density at radius 3 is 1.00 bits per heavy atom. The normalized spacial score (nSPS) is 11.5. The Morgan fingerprint density at radius 2 is 0.743 bits per heavy atom. The maximum atomic E-state index is 11.9. The number of aliphatic hydroxyl groups excluding tert-OH is 2. The summed E-state index contributed by atoms with van der Waals surface area (Å²) in [6.45, 7) is 0. The maximum Gasteiger partial charge on any atom is 0.195 e. The van der Waals surface area contributed by atoms with Crippen LogP contribution in [0.25, 0.3) is 0 Å². The first-order valence-electron chi connectivity index (χ1n) is 11.0. The Bertz CT molecular complexity index is 1040. The van der Waals surface area contributed by atoms with Crippen LogP contribution < -0.4 is 0 Å². The zero-order chi connectivity index (χ0) is 25.5. The maximum absolute atomic E-state index is 11.9. The highest BCUT2D eigenvalue weighted by Crippen LogP contribution is 2.18. The van der Waals surface area contributed by atoms with E-state index in [1.54, 1.807) is 111 Å². The molecule has 0 aliphatic rings. The molecule has 0 spiro atoms. The summed E-state index contributed by atoms with van der Waals surface area (Å²) in [5, 5.41) is 19.8. The van der Waals surface area contributed by atoms with E-state index in [-0.39, 0.29) is 11.6 Å². The third-order valence-corrected chi connectivity index (χ3v) is 4.84.